The molecule has 1 atom stereocenters. The topological polar surface area (TPSA) is 77.1 Å². The third-order valence-electron chi connectivity index (χ3n) is 6.43. The molecule has 1 N–H and O–H groups in total. The molecule has 3 heterocycles. The summed E-state index contributed by atoms with van der Waals surface area (Å²) in [5.74, 6) is -1.22. The van der Waals surface area contributed by atoms with Crippen molar-refractivity contribution < 1.29 is 18.7 Å². The predicted molar refractivity (Wildman–Crippen MR) is 112 cm³/mol. The number of aryl methyl sites for hydroxylation is 1. The van der Waals surface area contributed by atoms with Crippen LogP contribution in [-0.4, -0.2) is 25.4 Å². The molecule has 6 nitrogen and oxygen atoms in total. The fourth-order valence-electron chi connectivity index (χ4n) is 4.31. The molecule has 1 aliphatic rings. The molecule has 0 fully saturated rings. The number of rotatable bonds is 4. The van der Waals surface area contributed by atoms with E-state index >= 15 is 0 Å². The van der Waals surface area contributed by atoms with Crippen molar-refractivity contribution in [2.45, 2.75) is 39.2 Å². The summed E-state index contributed by atoms with van der Waals surface area (Å²) >= 11 is 0. The summed E-state index contributed by atoms with van der Waals surface area (Å²) in [5, 5.41) is 13.5. The number of fused-ring (bicyclic) bond motifs is 3. The van der Waals surface area contributed by atoms with Crippen LogP contribution in [0.2, 0.25) is 0 Å². The number of carboxylic acid groups (broad SMARTS) is 1. The number of alkyl halides is 2. The minimum absolute atomic E-state index is 0.0835. The molecule has 162 valence electrons. The predicted octanol–water partition coefficient (Wildman–Crippen LogP) is 4.48. The van der Waals surface area contributed by atoms with Gasteiger partial charge in [0.2, 0.25) is 0 Å². The van der Waals surface area contributed by atoms with E-state index in [0.29, 0.717) is 28.8 Å². The van der Waals surface area contributed by atoms with E-state index in [9.17, 15) is 23.5 Å². The number of aromatic nitrogens is 3. The molecule has 1 unspecified atom stereocenters. The van der Waals surface area contributed by atoms with Gasteiger partial charge < -0.3 is 9.67 Å². The van der Waals surface area contributed by atoms with Crippen molar-refractivity contribution in [3.05, 3.63) is 63.7 Å². The maximum atomic E-state index is 14.0. The van der Waals surface area contributed by atoms with Crippen molar-refractivity contribution in [3.63, 3.8) is 0 Å². The van der Waals surface area contributed by atoms with Gasteiger partial charge >= 0.3 is 5.97 Å². The Hall–Kier alpha value is -3.29. The van der Waals surface area contributed by atoms with Crippen molar-refractivity contribution in [2.24, 2.45) is 13.0 Å². The lowest BCUT2D eigenvalue weighted by Gasteiger charge is -2.43. The molecule has 3 aromatic rings. The average Bonchev–Trinajstić information content (AvgIpc) is 3.12. The number of carboxylic acids is 1. The molecule has 2 aromatic heterocycles. The third-order valence-corrected chi connectivity index (χ3v) is 6.43. The Morgan fingerprint density at radius 3 is 2.45 bits per heavy atom. The van der Waals surface area contributed by atoms with Gasteiger partial charge in [0, 0.05) is 47.7 Å². The molecule has 8 heteroatoms. The number of nitrogens with zero attached hydrogens (tertiary/aromatic N) is 3. The van der Waals surface area contributed by atoms with Crippen LogP contribution < -0.4 is 5.43 Å². The van der Waals surface area contributed by atoms with Crippen LogP contribution >= 0.6 is 0 Å². The number of hydrogen-bond acceptors (Lipinski definition) is 3. The molecule has 0 saturated carbocycles. The zero-order valence-corrected chi connectivity index (χ0v) is 17.7. The van der Waals surface area contributed by atoms with Crippen LogP contribution in [0.15, 0.2) is 41.6 Å². The largest absolute Gasteiger partial charge is 0.477 e. The quantitative estimate of drug-likeness (QED) is 0.666. The number of pyridine rings is 1. The van der Waals surface area contributed by atoms with Crippen LogP contribution in [0.4, 0.5) is 8.78 Å². The van der Waals surface area contributed by atoms with Crippen LogP contribution in [0.1, 0.15) is 48.7 Å². The standard InChI is InChI=1S/C23H23F2N3O3/c1-12(2)23(3)8-13-5-15(14-9-26-27(4)10-14)17(21(24)25)6-16(13)19-7-20(29)18(22(30)31)11-28(19)23/h5-7,9-12,21H,8H2,1-4H3,(H,30,31). The summed E-state index contributed by atoms with van der Waals surface area (Å²) in [6.45, 7) is 6.02. The number of hydrogen-bond donors (Lipinski definition) is 1. The minimum atomic E-state index is -2.72. The maximum Gasteiger partial charge on any atom is 0.341 e. The smallest absolute Gasteiger partial charge is 0.341 e. The first-order chi connectivity index (χ1) is 14.5. The van der Waals surface area contributed by atoms with Gasteiger partial charge in [0.25, 0.3) is 6.43 Å². The monoisotopic (exact) mass is 427 g/mol. The lowest BCUT2D eigenvalue weighted by Crippen LogP contribution is -2.42. The van der Waals surface area contributed by atoms with Gasteiger partial charge in [0.05, 0.1) is 11.9 Å². The van der Waals surface area contributed by atoms with Crippen molar-refractivity contribution >= 4 is 5.97 Å². The molecule has 0 radical (unpaired) electrons. The molecule has 0 spiro atoms. The highest BCUT2D eigenvalue weighted by Gasteiger charge is 2.38. The number of benzene rings is 1. The van der Waals surface area contributed by atoms with E-state index in [1.807, 2.05) is 20.8 Å². The van der Waals surface area contributed by atoms with E-state index in [1.165, 1.54) is 18.3 Å². The van der Waals surface area contributed by atoms with E-state index in [0.717, 1.165) is 5.56 Å². The van der Waals surface area contributed by atoms with E-state index in [2.05, 4.69) is 5.10 Å². The van der Waals surface area contributed by atoms with E-state index in [4.69, 9.17) is 0 Å². The molecule has 0 bridgehead atoms. The van der Waals surface area contributed by atoms with Gasteiger partial charge in [0.15, 0.2) is 5.43 Å². The third kappa shape index (κ3) is 3.26. The van der Waals surface area contributed by atoms with Crippen LogP contribution in [-0.2, 0) is 19.0 Å². The summed E-state index contributed by atoms with van der Waals surface area (Å²) in [4.78, 5) is 24.0. The first kappa shape index (κ1) is 21.0. The second-order valence-corrected chi connectivity index (χ2v) is 8.60. The summed E-state index contributed by atoms with van der Waals surface area (Å²) in [5.41, 5.74) is 1.14. The molecule has 1 aromatic carbocycles. The van der Waals surface area contributed by atoms with Crippen LogP contribution in [0, 0.1) is 5.92 Å². The molecular weight excluding hydrogens is 404 g/mol. The fourth-order valence-corrected chi connectivity index (χ4v) is 4.31. The highest BCUT2D eigenvalue weighted by atomic mass is 19.3. The van der Waals surface area contributed by atoms with Crippen molar-refractivity contribution in [3.8, 4) is 22.4 Å². The summed E-state index contributed by atoms with van der Waals surface area (Å²) in [6.07, 6.45) is 2.37. The SMILES string of the molecule is CC(C)C1(C)Cc2cc(-c3cnn(C)c3)c(C(F)F)cc2-c2cc(=O)c(C(=O)O)cn21. The zero-order valence-electron chi connectivity index (χ0n) is 17.7. The van der Waals surface area contributed by atoms with Gasteiger partial charge in [-0.25, -0.2) is 13.6 Å². The van der Waals surface area contributed by atoms with E-state index in [-0.39, 0.29) is 17.0 Å². The Kier molecular flexibility index (Phi) is 4.83. The molecule has 0 aliphatic carbocycles. The number of aromatic carboxylic acids is 1. The molecule has 0 saturated heterocycles. The highest BCUT2D eigenvalue weighted by molar-refractivity contribution is 5.88. The normalized spacial score (nSPS) is 17.7. The zero-order chi connectivity index (χ0) is 22.7. The maximum absolute atomic E-state index is 14.0. The van der Waals surface area contributed by atoms with Gasteiger partial charge in [-0.3, -0.25) is 9.48 Å². The number of halogens is 2. The number of carbonyl (C=O) groups is 1. The van der Waals surface area contributed by atoms with Gasteiger partial charge in [-0.2, -0.15) is 5.10 Å². The average molecular weight is 427 g/mol. The molecule has 4 rings (SSSR count). The Labute approximate surface area is 177 Å². The van der Waals surface area contributed by atoms with Crippen molar-refractivity contribution in [2.75, 3.05) is 0 Å². The van der Waals surface area contributed by atoms with Crippen LogP contribution in [0.3, 0.4) is 0 Å². The lowest BCUT2D eigenvalue weighted by atomic mass is 9.76. The summed E-state index contributed by atoms with van der Waals surface area (Å²) in [7, 11) is 1.72. The molecular formula is C23H23F2N3O3. The Morgan fingerprint density at radius 1 is 1.19 bits per heavy atom. The lowest BCUT2D eigenvalue weighted by molar-refractivity contribution is 0.0693. The highest BCUT2D eigenvalue weighted by Crippen LogP contribution is 2.45. The minimum Gasteiger partial charge on any atom is -0.477 e. The summed E-state index contributed by atoms with van der Waals surface area (Å²) in [6, 6.07) is 4.43. The van der Waals surface area contributed by atoms with Gasteiger partial charge in [0.1, 0.15) is 5.56 Å². The van der Waals surface area contributed by atoms with Crippen molar-refractivity contribution in [1.82, 2.24) is 14.3 Å². The summed E-state index contributed by atoms with van der Waals surface area (Å²) < 4.78 is 31.4. The van der Waals surface area contributed by atoms with E-state index < -0.39 is 23.4 Å². The first-order valence-electron chi connectivity index (χ1n) is 9.97. The fraction of sp³-hybridized carbons (Fsp3) is 0.348. The van der Waals surface area contributed by atoms with Gasteiger partial charge in [-0.15, -0.1) is 0 Å². The molecule has 31 heavy (non-hydrogen) atoms. The van der Waals surface area contributed by atoms with Gasteiger partial charge in [-0.1, -0.05) is 13.8 Å². The Bertz CT molecular complexity index is 1260. The second kappa shape index (κ2) is 7.14. The van der Waals surface area contributed by atoms with Crippen LogP contribution in [0.5, 0.6) is 0 Å². The first-order valence-corrected chi connectivity index (χ1v) is 9.97. The Balaban J connectivity index is 2.05. The molecule has 1 aliphatic heterocycles. The molecule has 0 amide bonds. The Morgan fingerprint density at radius 2 is 1.90 bits per heavy atom. The van der Waals surface area contributed by atoms with E-state index in [1.54, 1.807) is 34.8 Å². The van der Waals surface area contributed by atoms with Crippen molar-refractivity contribution in [1.29, 1.82) is 0 Å². The van der Waals surface area contributed by atoms with Crippen LogP contribution in [0.25, 0.3) is 22.4 Å². The van der Waals surface area contributed by atoms with Gasteiger partial charge in [-0.05, 0) is 42.5 Å². The second-order valence-electron chi connectivity index (χ2n) is 8.60.